The van der Waals surface area contributed by atoms with E-state index in [1.807, 2.05) is 30.0 Å². The van der Waals surface area contributed by atoms with E-state index in [1.165, 1.54) is 5.75 Å². The maximum Gasteiger partial charge on any atom is 0.154 e. The molecule has 0 radical (unpaired) electrons. The topological polar surface area (TPSA) is 38.1 Å². The van der Waals surface area contributed by atoms with Gasteiger partial charge in [0.15, 0.2) is 5.76 Å². The van der Waals surface area contributed by atoms with Crippen LogP contribution in [-0.2, 0) is 0 Å². The van der Waals surface area contributed by atoms with Gasteiger partial charge in [-0.15, -0.1) is 11.3 Å². The molecule has 0 amide bonds. The van der Waals surface area contributed by atoms with Gasteiger partial charge in [0.2, 0.25) is 0 Å². The molecule has 0 saturated carbocycles. The predicted molar refractivity (Wildman–Crippen MR) is 85.4 cm³/mol. The van der Waals surface area contributed by atoms with Gasteiger partial charge in [0.05, 0.1) is 6.04 Å². The summed E-state index contributed by atoms with van der Waals surface area (Å²) >= 11 is 3.70. The largest absolute Gasteiger partial charge is 0.454 e. The molecule has 1 atom stereocenters. The molecule has 1 aromatic carbocycles. The molecule has 102 valence electrons. The molecule has 3 heterocycles. The fourth-order valence-electron chi connectivity index (χ4n) is 2.39. The zero-order chi connectivity index (χ0) is 13.4. The van der Waals surface area contributed by atoms with Crippen LogP contribution in [0.3, 0.4) is 0 Å². The normalized spacial score (nSPS) is 19.5. The summed E-state index contributed by atoms with van der Waals surface area (Å²) < 4.78 is 5.87. The van der Waals surface area contributed by atoms with Crippen molar-refractivity contribution in [2.75, 3.05) is 18.1 Å². The molecular weight excluding hydrogens is 288 g/mol. The van der Waals surface area contributed by atoms with E-state index in [-0.39, 0.29) is 0 Å². The molecule has 1 unspecified atom stereocenters. The van der Waals surface area contributed by atoms with Gasteiger partial charge in [-0.1, -0.05) is 18.2 Å². The van der Waals surface area contributed by atoms with Crippen molar-refractivity contribution in [2.45, 2.75) is 6.04 Å². The lowest BCUT2D eigenvalue weighted by Crippen LogP contribution is -2.30. The standard InChI is InChI=1S/C15H14N2OS2/c1-2-4-13-10(3-1)7-14(18-13)11-9-20-15(17-11)12-8-19-6-5-16-12/h1-4,7,9,12,16H,5-6,8H2. The molecule has 5 heteroatoms. The second-order valence-electron chi connectivity index (χ2n) is 4.80. The van der Waals surface area contributed by atoms with Gasteiger partial charge < -0.3 is 9.73 Å². The van der Waals surface area contributed by atoms with Crippen LogP contribution in [0, 0.1) is 0 Å². The highest BCUT2D eigenvalue weighted by atomic mass is 32.2. The molecule has 3 nitrogen and oxygen atoms in total. The number of hydrogen-bond acceptors (Lipinski definition) is 5. The Kier molecular flexibility index (Phi) is 3.26. The van der Waals surface area contributed by atoms with Crippen LogP contribution in [0.1, 0.15) is 11.0 Å². The van der Waals surface area contributed by atoms with Crippen molar-refractivity contribution in [3.05, 3.63) is 40.7 Å². The Labute approximate surface area is 125 Å². The molecule has 3 aromatic rings. The van der Waals surface area contributed by atoms with E-state index >= 15 is 0 Å². The molecule has 1 aliphatic rings. The van der Waals surface area contributed by atoms with Crippen molar-refractivity contribution in [1.29, 1.82) is 0 Å². The van der Waals surface area contributed by atoms with Gasteiger partial charge in [-0.25, -0.2) is 4.98 Å². The number of furan rings is 1. The predicted octanol–water partition coefficient (Wildman–Crippen LogP) is 3.93. The Morgan fingerprint density at radius 2 is 2.25 bits per heavy atom. The van der Waals surface area contributed by atoms with Gasteiger partial charge in [-0.05, 0) is 12.1 Å². The summed E-state index contributed by atoms with van der Waals surface area (Å²) in [6, 6.07) is 10.5. The van der Waals surface area contributed by atoms with Crippen LogP contribution in [0.25, 0.3) is 22.4 Å². The number of hydrogen-bond donors (Lipinski definition) is 1. The number of rotatable bonds is 2. The smallest absolute Gasteiger partial charge is 0.154 e. The third-order valence-electron chi connectivity index (χ3n) is 3.42. The average molecular weight is 302 g/mol. The van der Waals surface area contributed by atoms with Crippen LogP contribution in [0.2, 0.25) is 0 Å². The Hall–Kier alpha value is -1.30. The number of benzene rings is 1. The van der Waals surface area contributed by atoms with Crippen molar-refractivity contribution >= 4 is 34.1 Å². The average Bonchev–Trinajstić information content (AvgIpc) is 3.14. The van der Waals surface area contributed by atoms with Gasteiger partial charge in [0.25, 0.3) is 0 Å². The molecule has 1 saturated heterocycles. The van der Waals surface area contributed by atoms with E-state index in [9.17, 15) is 0 Å². The van der Waals surface area contributed by atoms with Crippen molar-refractivity contribution < 1.29 is 4.42 Å². The monoisotopic (exact) mass is 302 g/mol. The lowest BCUT2D eigenvalue weighted by Gasteiger charge is -2.20. The SMILES string of the molecule is c1ccc2oc(-c3csc(C4CSCCN4)n3)cc2c1. The molecule has 20 heavy (non-hydrogen) atoms. The zero-order valence-electron chi connectivity index (χ0n) is 10.8. The van der Waals surface area contributed by atoms with Crippen LogP contribution in [0.15, 0.2) is 40.1 Å². The highest BCUT2D eigenvalue weighted by Crippen LogP contribution is 2.31. The lowest BCUT2D eigenvalue weighted by molar-refractivity contribution is 0.590. The van der Waals surface area contributed by atoms with Crippen molar-refractivity contribution in [3.63, 3.8) is 0 Å². The van der Waals surface area contributed by atoms with Crippen molar-refractivity contribution in [2.24, 2.45) is 0 Å². The minimum Gasteiger partial charge on any atom is -0.454 e. The quantitative estimate of drug-likeness (QED) is 0.778. The summed E-state index contributed by atoms with van der Waals surface area (Å²) in [6.07, 6.45) is 0. The van der Waals surface area contributed by atoms with Gasteiger partial charge in [0.1, 0.15) is 16.3 Å². The summed E-state index contributed by atoms with van der Waals surface area (Å²) in [5, 5.41) is 7.90. The zero-order valence-corrected chi connectivity index (χ0v) is 12.5. The maximum atomic E-state index is 5.87. The Bertz CT molecular complexity index is 695. The molecule has 2 aromatic heterocycles. The van der Waals surface area contributed by atoms with E-state index < -0.39 is 0 Å². The summed E-state index contributed by atoms with van der Waals surface area (Å²) in [4.78, 5) is 4.75. The van der Waals surface area contributed by atoms with Gasteiger partial charge in [-0.3, -0.25) is 0 Å². The maximum absolute atomic E-state index is 5.87. The molecule has 0 bridgehead atoms. The van der Waals surface area contributed by atoms with Gasteiger partial charge in [0, 0.05) is 28.8 Å². The van der Waals surface area contributed by atoms with Crippen LogP contribution in [0.5, 0.6) is 0 Å². The summed E-state index contributed by atoms with van der Waals surface area (Å²) in [5.41, 5.74) is 1.86. The highest BCUT2D eigenvalue weighted by Gasteiger charge is 2.19. The van der Waals surface area contributed by atoms with E-state index in [0.717, 1.165) is 39.7 Å². The molecule has 0 aliphatic carbocycles. The minimum absolute atomic E-state index is 0.386. The summed E-state index contributed by atoms with van der Waals surface area (Å²) in [6.45, 7) is 1.06. The first-order valence-corrected chi connectivity index (χ1v) is 8.69. The summed E-state index contributed by atoms with van der Waals surface area (Å²) in [5.74, 6) is 3.16. The first kappa shape index (κ1) is 12.4. The number of fused-ring (bicyclic) bond motifs is 1. The lowest BCUT2D eigenvalue weighted by atomic mass is 10.2. The van der Waals surface area contributed by atoms with Gasteiger partial charge in [-0.2, -0.15) is 11.8 Å². The first-order chi connectivity index (χ1) is 9.90. The van der Waals surface area contributed by atoms with Crippen molar-refractivity contribution in [3.8, 4) is 11.5 Å². The minimum atomic E-state index is 0.386. The Balaban J connectivity index is 1.66. The second-order valence-corrected chi connectivity index (χ2v) is 6.84. The first-order valence-electron chi connectivity index (χ1n) is 6.66. The van der Waals surface area contributed by atoms with E-state index in [0.29, 0.717) is 6.04 Å². The molecular formula is C15H14N2OS2. The Morgan fingerprint density at radius 1 is 1.30 bits per heavy atom. The van der Waals surface area contributed by atoms with E-state index in [2.05, 4.69) is 22.8 Å². The van der Waals surface area contributed by atoms with E-state index in [4.69, 9.17) is 9.40 Å². The fraction of sp³-hybridized carbons (Fsp3) is 0.267. The number of nitrogens with one attached hydrogen (secondary N) is 1. The number of thiazole rings is 1. The van der Waals surface area contributed by atoms with Crippen molar-refractivity contribution in [1.82, 2.24) is 10.3 Å². The van der Waals surface area contributed by atoms with Crippen LogP contribution in [0.4, 0.5) is 0 Å². The highest BCUT2D eigenvalue weighted by molar-refractivity contribution is 7.99. The fourth-order valence-corrected chi connectivity index (χ4v) is 4.32. The molecule has 1 aliphatic heterocycles. The molecule has 0 spiro atoms. The number of nitrogens with zero attached hydrogens (tertiary/aromatic N) is 1. The molecule has 1 fully saturated rings. The summed E-state index contributed by atoms with van der Waals surface area (Å²) in [7, 11) is 0. The second kappa shape index (κ2) is 5.24. The van der Waals surface area contributed by atoms with Crippen LogP contribution in [-0.4, -0.2) is 23.0 Å². The third-order valence-corrected chi connectivity index (χ3v) is 5.44. The third kappa shape index (κ3) is 2.26. The number of aromatic nitrogens is 1. The van der Waals surface area contributed by atoms with E-state index in [1.54, 1.807) is 11.3 Å². The molecule has 1 N–H and O–H groups in total. The van der Waals surface area contributed by atoms with Crippen LogP contribution >= 0.6 is 23.1 Å². The van der Waals surface area contributed by atoms with Gasteiger partial charge >= 0.3 is 0 Å². The Morgan fingerprint density at radius 3 is 3.10 bits per heavy atom. The number of para-hydroxylation sites is 1. The number of thioether (sulfide) groups is 1. The van der Waals surface area contributed by atoms with Crippen LogP contribution < -0.4 is 5.32 Å². The molecule has 4 rings (SSSR count).